The average Bonchev–Trinajstić information content (AvgIpc) is 2.40. The molecule has 0 aliphatic heterocycles. The van der Waals surface area contributed by atoms with Crippen LogP contribution in [0.15, 0.2) is 0 Å². The summed E-state index contributed by atoms with van der Waals surface area (Å²) in [6.45, 7) is 29.6. The zero-order valence-corrected chi connectivity index (χ0v) is 22.4. The lowest BCUT2D eigenvalue weighted by molar-refractivity contribution is -0.0332. The van der Waals surface area contributed by atoms with Crippen LogP contribution in [0.1, 0.15) is 109 Å². The summed E-state index contributed by atoms with van der Waals surface area (Å²) >= 11 is 0. The molecule has 0 nitrogen and oxygen atoms in total. The van der Waals surface area contributed by atoms with Crippen molar-refractivity contribution in [3.63, 3.8) is 0 Å². The molecule has 1 aliphatic rings. The summed E-state index contributed by atoms with van der Waals surface area (Å²) in [5.41, 5.74) is 0.990. The maximum Gasteiger partial charge on any atom is -0.00226 e. The van der Waals surface area contributed by atoms with E-state index in [2.05, 4.69) is 102 Å². The Bertz CT molecular complexity index is 402. The average molecular weight is 401 g/mol. The van der Waals surface area contributed by atoms with Gasteiger partial charge in [0.25, 0.3) is 0 Å². The van der Waals surface area contributed by atoms with Gasteiger partial charge in [-0.2, -0.15) is 0 Å². The van der Waals surface area contributed by atoms with Gasteiger partial charge in [-0.05, 0) is 56.6 Å². The lowest BCUT2D eigenvalue weighted by Crippen LogP contribution is -2.63. The van der Waals surface area contributed by atoms with Crippen LogP contribution in [0.2, 0.25) is 0 Å². The molecule has 0 radical (unpaired) electrons. The molecule has 2 unspecified atom stereocenters. The summed E-state index contributed by atoms with van der Waals surface area (Å²) in [6.07, 6.45) is 5.51. The molecule has 0 aromatic heterocycles. The van der Waals surface area contributed by atoms with Crippen molar-refractivity contribution in [1.82, 2.24) is 0 Å². The van der Waals surface area contributed by atoms with Crippen molar-refractivity contribution in [3.05, 3.63) is 0 Å². The summed E-state index contributed by atoms with van der Waals surface area (Å²) in [7, 11) is 6.86. The zero-order valence-electron chi connectivity index (χ0n) is 20.1. The molecule has 2 heteroatoms. The van der Waals surface area contributed by atoms with Gasteiger partial charge < -0.3 is 0 Å². The van der Waals surface area contributed by atoms with Crippen molar-refractivity contribution in [2.45, 2.75) is 119 Å². The van der Waals surface area contributed by atoms with E-state index in [0.717, 1.165) is 11.8 Å². The van der Waals surface area contributed by atoms with Crippen molar-refractivity contribution < 1.29 is 0 Å². The fraction of sp³-hybridized carbons (Fsp3) is 1.00. The smallest absolute Gasteiger partial charge is 0.00226 e. The highest BCUT2D eigenvalue weighted by Crippen LogP contribution is 2.66. The molecule has 4 atom stereocenters. The first-order valence-electron chi connectivity index (χ1n) is 10.8. The van der Waals surface area contributed by atoms with Crippen molar-refractivity contribution in [1.29, 1.82) is 0 Å². The Kier molecular flexibility index (Phi) is 6.97. The lowest BCUT2D eigenvalue weighted by atomic mass is 9.48. The summed E-state index contributed by atoms with van der Waals surface area (Å²) in [5.74, 6) is 1.44. The molecule has 0 aromatic rings. The third kappa shape index (κ3) is 3.95. The third-order valence-corrected chi connectivity index (χ3v) is 12.2. The van der Waals surface area contributed by atoms with Gasteiger partial charge in [-0.1, -0.05) is 95.9 Å². The molecule has 0 spiro atoms. The normalized spacial score (nSPS) is 24.7. The van der Waals surface area contributed by atoms with E-state index in [1.54, 1.807) is 0 Å². The second kappa shape index (κ2) is 7.28. The first-order valence-corrected chi connectivity index (χ1v) is 12.0. The van der Waals surface area contributed by atoms with Crippen LogP contribution in [0, 0.1) is 33.5 Å². The van der Waals surface area contributed by atoms with Crippen molar-refractivity contribution in [2.75, 3.05) is 0 Å². The number of rotatable bonds is 2. The highest BCUT2D eigenvalue weighted by atomic mass is 31.0. The van der Waals surface area contributed by atoms with Crippen LogP contribution in [0.4, 0.5) is 0 Å². The summed E-state index contributed by atoms with van der Waals surface area (Å²) < 4.78 is 0. The molecule has 1 saturated carbocycles. The molecule has 0 saturated heterocycles. The Balaban J connectivity index is 3.68. The van der Waals surface area contributed by atoms with Gasteiger partial charge in [0.05, 0.1) is 0 Å². The summed E-state index contributed by atoms with van der Waals surface area (Å²) in [5, 5.41) is 0.423. The number of hydrogen-bond acceptors (Lipinski definition) is 0. The van der Waals surface area contributed by atoms with Crippen LogP contribution in [0.25, 0.3) is 0 Å². The fourth-order valence-electron chi connectivity index (χ4n) is 6.70. The maximum atomic E-state index is 3.43. The second-order valence-corrected chi connectivity index (χ2v) is 15.1. The second-order valence-electron chi connectivity index (χ2n) is 13.2. The van der Waals surface area contributed by atoms with Crippen LogP contribution < -0.4 is 0 Å². The van der Waals surface area contributed by atoms with Crippen LogP contribution in [-0.4, -0.2) is 10.3 Å². The lowest BCUT2D eigenvalue weighted by Gasteiger charge is -2.65. The molecule has 156 valence electrons. The SMILES string of the molecule is CC(C)(C)C(P)([C@@H]1CCCC[C@@H]1C(P)(C(C)(C)C)C(C)(C)C)C(C)(C)C. The van der Waals surface area contributed by atoms with E-state index in [-0.39, 0.29) is 32.0 Å². The Morgan fingerprint density at radius 2 is 0.654 bits per heavy atom. The molecule has 0 heterocycles. The van der Waals surface area contributed by atoms with Crippen molar-refractivity contribution >= 4 is 18.5 Å². The Labute approximate surface area is 171 Å². The molecule has 0 bridgehead atoms. The van der Waals surface area contributed by atoms with E-state index >= 15 is 0 Å². The molecular weight excluding hydrogens is 350 g/mol. The molecule has 26 heavy (non-hydrogen) atoms. The van der Waals surface area contributed by atoms with E-state index in [9.17, 15) is 0 Å². The van der Waals surface area contributed by atoms with E-state index in [0.29, 0.717) is 0 Å². The fourth-order valence-corrected chi connectivity index (χ4v) is 7.49. The van der Waals surface area contributed by atoms with Crippen LogP contribution in [0.3, 0.4) is 0 Å². The van der Waals surface area contributed by atoms with Gasteiger partial charge in [0.15, 0.2) is 0 Å². The minimum atomic E-state index is 0.212. The predicted molar refractivity (Wildman–Crippen MR) is 128 cm³/mol. The Hall–Kier alpha value is 0.860. The van der Waals surface area contributed by atoms with Gasteiger partial charge in [-0.25, -0.2) is 0 Å². The molecule has 0 amide bonds. The molecule has 0 N–H and O–H groups in total. The molecule has 0 aromatic carbocycles. The summed E-state index contributed by atoms with van der Waals surface area (Å²) in [6, 6.07) is 0. The van der Waals surface area contributed by atoms with Crippen molar-refractivity contribution in [3.8, 4) is 0 Å². The first-order chi connectivity index (χ1) is 11.2. The minimum absolute atomic E-state index is 0.212. The Morgan fingerprint density at radius 1 is 0.462 bits per heavy atom. The molecule has 1 rings (SSSR count). The van der Waals surface area contributed by atoms with E-state index in [4.69, 9.17) is 0 Å². The van der Waals surface area contributed by atoms with Gasteiger partial charge in [0.1, 0.15) is 0 Å². The minimum Gasteiger partial charge on any atom is -0.130 e. The van der Waals surface area contributed by atoms with E-state index in [1.165, 1.54) is 25.7 Å². The molecular formula is C24H50P2. The topological polar surface area (TPSA) is 0 Å². The number of hydrogen-bond donors (Lipinski definition) is 0. The molecule has 1 fully saturated rings. The monoisotopic (exact) mass is 400 g/mol. The first kappa shape index (κ1) is 24.9. The molecule has 1 aliphatic carbocycles. The van der Waals surface area contributed by atoms with Crippen LogP contribution in [-0.2, 0) is 0 Å². The predicted octanol–water partition coefficient (Wildman–Crippen LogP) is 8.21. The van der Waals surface area contributed by atoms with Gasteiger partial charge in [-0.15, -0.1) is 18.5 Å². The highest BCUT2D eigenvalue weighted by molar-refractivity contribution is 7.19. The highest BCUT2D eigenvalue weighted by Gasteiger charge is 2.61. The quantitative estimate of drug-likeness (QED) is 0.410. The van der Waals surface area contributed by atoms with Crippen LogP contribution >= 0.6 is 18.5 Å². The third-order valence-electron chi connectivity index (χ3n) is 7.90. The van der Waals surface area contributed by atoms with Gasteiger partial charge >= 0.3 is 0 Å². The summed E-state index contributed by atoms with van der Waals surface area (Å²) in [4.78, 5) is 0. The Morgan fingerprint density at radius 3 is 0.808 bits per heavy atom. The van der Waals surface area contributed by atoms with Crippen LogP contribution in [0.5, 0.6) is 0 Å². The standard InChI is InChI=1S/C24H50P2/c1-19(2,3)23(25,20(4,5)6)17-15-13-14-16-18(17)24(26,21(7,8)9)22(10,11)12/h17-18H,13-16,25-26H2,1-12H3/t17-,18+. The van der Waals surface area contributed by atoms with Gasteiger partial charge in [0, 0.05) is 0 Å². The van der Waals surface area contributed by atoms with Gasteiger partial charge in [-0.3, -0.25) is 0 Å². The zero-order chi connectivity index (χ0) is 21.0. The van der Waals surface area contributed by atoms with E-state index in [1.807, 2.05) is 0 Å². The maximum absolute atomic E-state index is 3.43. The largest absolute Gasteiger partial charge is 0.130 e. The van der Waals surface area contributed by atoms with E-state index < -0.39 is 0 Å². The van der Waals surface area contributed by atoms with Gasteiger partial charge in [0.2, 0.25) is 0 Å². The van der Waals surface area contributed by atoms with Crippen molar-refractivity contribution in [2.24, 2.45) is 33.5 Å².